The molecule has 0 radical (unpaired) electrons. The topological polar surface area (TPSA) is 77.1 Å². The lowest BCUT2D eigenvalue weighted by molar-refractivity contribution is -0.385. The van der Waals surface area contributed by atoms with Crippen molar-refractivity contribution in [1.82, 2.24) is 14.5 Å². The van der Waals surface area contributed by atoms with Gasteiger partial charge in [0.2, 0.25) is 0 Å². The lowest BCUT2D eigenvalue weighted by Crippen LogP contribution is -2.20. The third-order valence-electron chi connectivity index (χ3n) is 3.91. The van der Waals surface area contributed by atoms with Crippen LogP contribution in [0.3, 0.4) is 0 Å². The molecule has 118 valence electrons. The molecule has 0 N–H and O–H groups in total. The van der Waals surface area contributed by atoms with Crippen LogP contribution in [0.5, 0.6) is 0 Å². The Kier molecular flexibility index (Phi) is 3.69. The van der Waals surface area contributed by atoms with Crippen LogP contribution in [0.15, 0.2) is 36.5 Å². The highest BCUT2D eigenvalue weighted by Gasteiger charge is 2.15. The molecule has 0 saturated heterocycles. The minimum atomic E-state index is -0.419. The first-order chi connectivity index (χ1) is 11.0. The first-order valence-electron chi connectivity index (χ1n) is 7.20. The molecule has 7 heteroatoms. The van der Waals surface area contributed by atoms with Crippen LogP contribution in [0.25, 0.3) is 11.0 Å². The third kappa shape index (κ3) is 2.73. The second-order valence-corrected chi connectivity index (χ2v) is 5.52. The summed E-state index contributed by atoms with van der Waals surface area (Å²) in [5, 5.41) is 10.9. The average molecular weight is 311 g/mol. The molecule has 0 saturated carbocycles. The van der Waals surface area contributed by atoms with Crippen molar-refractivity contribution in [2.24, 2.45) is 7.05 Å². The molecule has 2 aromatic heterocycles. The zero-order valence-electron chi connectivity index (χ0n) is 13.2. The van der Waals surface area contributed by atoms with Crippen LogP contribution >= 0.6 is 0 Å². The van der Waals surface area contributed by atoms with Gasteiger partial charge in [0.05, 0.1) is 22.5 Å². The van der Waals surface area contributed by atoms with Crippen LogP contribution in [0.1, 0.15) is 11.4 Å². The largest absolute Gasteiger partial charge is 0.352 e. The summed E-state index contributed by atoms with van der Waals surface area (Å²) in [4.78, 5) is 21.2. The highest BCUT2D eigenvalue weighted by molar-refractivity contribution is 5.75. The van der Waals surface area contributed by atoms with E-state index in [4.69, 9.17) is 0 Å². The molecule has 1 aromatic carbocycles. The van der Waals surface area contributed by atoms with Crippen molar-refractivity contribution in [1.29, 1.82) is 0 Å². The van der Waals surface area contributed by atoms with E-state index in [1.54, 1.807) is 13.0 Å². The zero-order chi connectivity index (χ0) is 16.6. The maximum absolute atomic E-state index is 10.9. The van der Waals surface area contributed by atoms with E-state index in [2.05, 4.69) is 9.97 Å². The van der Waals surface area contributed by atoms with Gasteiger partial charge in [0.15, 0.2) is 0 Å². The van der Waals surface area contributed by atoms with Gasteiger partial charge in [-0.2, -0.15) is 0 Å². The molecular formula is C16H17N5O2. The Hall–Kier alpha value is -2.96. The SMILES string of the molecule is Cc1cc(N(C)Cc2nc3ccccc3n2C)ncc1[N+](=O)[O-]. The Morgan fingerprint density at radius 3 is 2.74 bits per heavy atom. The minimum Gasteiger partial charge on any atom is -0.352 e. The number of hydrogen-bond donors (Lipinski definition) is 0. The van der Waals surface area contributed by atoms with Crippen molar-refractivity contribution in [3.8, 4) is 0 Å². The van der Waals surface area contributed by atoms with Crippen molar-refractivity contribution in [3.05, 3.63) is 58.0 Å². The Bertz CT molecular complexity index is 887. The highest BCUT2D eigenvalue weighted by Crippen LogP contribution is 2.22. The summed E-state index contributed by atoms with van der Waals surface area (Å²) in [6, 6.07) is 9.68. The van der Waals surface area contributed by atoms with E-state index in [0.717, 1.165) is 16.9 Å². The standard InChI is InChI=1S/C16H17N5O2/c1-11-8-15(17-9-14(11)21(22)23)19(2)10-16-18-12-6-4-5-7-13(12)20(16)3/h4-9H,10H2,1-3H3. The number of rotatable bonds is 4. The summed E-state index contributed by atoms with van der Waals surface area (Å²) in [5.41, 5.74) is 2.65. The average Bonchev–Trinajstić information content (AvgIpc) is 2.83. The maximum atomic E-state index is 10.9. The van der Waals surface area contributed by atoms with E-state index in [1.807, 2.05) is 47.8 Å². The number of nitrogens with zero attached hydrogens (tertiary/aromatic N) is 5. The summed E-state index contributed by atoms with van der Waals surface area (Å²) >= 11 is 0. The number of nitro groups is 1. The monoisotopic (exact) mass is 311 g/mol. The third-order valence-corrected chi connectivity index (χ3v) is 3.91. The van der Waals surface area contributed by atoms with E-state index in [9.17, 15) is 10.1 Å². The quantitative estimate of drug-likeness (QED) is 0.547. The molecular weight excluding hydrogens is 294 g/mol. The van der Waals surface area contributed by atoms with Crippen LogP contribution in [0.2, 0.25) is 0 Å². The second kappa shape index (κ2) is 5.68. The predicted molar refractivity (Wildman–Crippen MR) is 88.4 cm³/mol. The van der Waals surface area contributed by atoms with Crippen LogP contribution in [0.4, 0.5) is 11.5 Å². The van der Waals surface area contributed by atoms with Gasteiger partial charge < -0.3 is 9.47 Å². The van der Waals surface area contributed by atoms with Crippen molar-refractivity contribution in [2.75, 3.05) is 11.9 Å². The fourth-order valence-corrected chi connectivity index (χ4v) is 2.56. The van der Waals surface area contributed by atoms with Crippen LogP contribution in [-0.4, -0.2) is 26.5 Å². The fraction of sp³-hybridized carbons (Fsp3) is 0.250. The summed E-state index contributed by atoms with van der Waals surface area (Å²) < 4.78 is 2.05. The maximum Gasteiger partial charge on any atom is 0.290 e. The van der Waals surface area contributed by atoms with Gasteiger partial charge in [0, 0.05) is 19.7 Å². The van der Waals surface area contributed by atoms with E-state index < -0.39 is 4.92 Å². The molecule has 0 bridgehead atoms. The number of benzene rings is 1. The summed E-state index contributed by atoms with van der Waals surface area (Å²) in [7, 11) is 3.87. The molecule has 2 heterocycles. The van der Waals surface area contributed by atoms with Crippen LogP contribution in [-0.2, 0) is 13.6 Å². The Morgan fingerprint density at radius 2 is 2.09 bits per heavy atom. The second-order valence-electron chi connectivity index (χ2n) is 5.52. The Balaban J connectivity index is 1.88. The van der Waals surface area contributed by atoms with Gasteiger partial charge in [-0.1, -0.05) is 12.1 Å². The number of para-hydroxylation sites is 2. The van der Waals surface area contributed by atoms with Crippen LogP contribution in [0, 0.1) is 17.0 Å². The molecule has 0 fully saturated rings. The number of fused-ring (bicyclic) bond motifs is 1. The first-order valence-corrected chi connectivity index (χ1v) is 7.20. The summed E-state index contributed by atoms with van der Waals surface area (Å²) in [5.74, 6) is 1.59. The lowest BCUT2D eigenvalue weighted by atomic mass is 10.2. The minimum absolute atomic E-state index is 0.0323. The van der Waals surface area contributed by atoms with Crippen molar-refractivity contribution in [2.45, 2.75) is 13.5 Å². The molecule has 3 aromatic rings. The normalized spacial score (nSPS) is 10.9. The van der Waals surface area contributed by atoms with Gasteiger partial charge in [-0.3, -0.25) is 10.1 Å². The molecule has 0 atom stereocenters. The zero-order valence-corrected chi connectivity index (χ0v) is 13.2. The molecule has 23 heavy (non-hydrogen) atoms. The van der Waals surface area contributed by atoms with Crippen LogP contribution < -0.4 is 4.90 Å². The van der Waals surface area contributed by atoms with Gasteiger partial charge in [-0.25, -0.2) is 9.97 Å². The number of anilines is 1. The highest BCUT2D eigenvalue weighted by atomic mass is 16.6. The van der Waals surface area contributed by atoms with E-state index in [0.29, 0.717) is 17.9 Å². The number of aryl methyl sites for hydroxylation is 2. The molecule has 0 amide bonds. The van der Waals surface area contributed by atoms with E-state index >= 15 is 0 Å². The number of imidazole rings is 1. The smallest absolute Gasteiger partial charge is 0.290 e. The molecule has 3 rings (SSSR count). The Morgan fingerprint density at radius 1 is 1.35 bits per heavy atom. The van der Waals surface area contributed by atoms with Gasteiger partial charge in [0.25, 0.3) is 5.69 Å². The number of hydrogen-bond acceptors (Lipinski definition) is 5. The van der Waals surface area contributed by atoms with Crippen molar-refractivity contribution < 1.29 is 4.92 Å². The molecule has 0 spiro atoms. The summed E-state index contributed by atoms with van der Waals surface area (Å²) in [6.07, 6.45) is 1.30. The van der Waals surface area contributed by atoms with E-state index in [1.165, 1.54) is 6.20 Å². The van der Waals surface area contributed by atoms with Crippen molar-refractivity contribution in [3.63, 3.8) is 0 Å². The molecule has 0 aliphatic heterocycles. The van der Waals surface area contributed by atoms with Crippen molar-refractivity contribution >= 4 is 22.5 Å². The molecule has 0 aliphatic carbocycles. The predicted octanol–water partition coefficient (Wildman–Crippen LogP) is 2.82. The van der Waals surface area contributed by atoms with Gasteiger partial charge >= 0.3 is 0 Å². The van der Waals surface area contributed by atoms with Gasteiger partial charge in [-0.15, -0.1) is 0 Å². The fourth-order valence-electron chi connectivity index (χ4n) is 2.56. The summed E-state index contributed by atoms with van der Waals surface area (Å²) in [6.45, 7) is 2.28. The lowest BCUT2D eigenvalue weighted by Gasteiger charge is -2.18. The molecule has 7 nitrogen and oxygen atoms in total. The Labute approximate surface area is 133 Å². The first kappa shape index (κ1) is 15.0. The molecule has 0 aliphatic rings. The number of pyridine rings is 1. The molecule has 0 unspecified atom stereocenters. The van der Waals surface area contributed by atoms with Gasteiger partial charge in [0.1, 0.15) is 17.8 Å². The number of aromatic nitrogens is 3. The van der Waals surface area contributed by atoms with Gasteiger partial charge in [-0.05, 0) is 25.1 Å². The van der Waals surface area contributed by atoms with E-state index in [-0.39, 0.29) is 5.69 Å².